The number of anilines is 1. The minimum Gasteiger partial charge on any atom is -0.321 e. The van der Waals surface area contributed by atoms with Crippen molar-refractivity contribution in [2.24, 2.45) is 0 Å². The Hall–Kier alpha value is -2.66. The van der Waals surface area contributed by atoms with Crippen molar-refractivity contribution >= 4 is 23.2 Å². The molecule has 116 valence electrons. The van der Waals surface area contributed by atoms with E-state index in [0.717, 1.165) is 5.69 Å². The zero-order valence-corrected chi connectivity index (χ0v) is 13.3. The number of hydrogen-bond acceptors (Lipinski definition) is 3. The van der Waals surface area contributed by atoms with E-state index in [0.29, 0.717) is 28.5 Å². The average molecular weight is 327 g/mol. The average Bonchev–Trinajstić information content (AvgIpc) is 3.02. The smallest absolute Gasteiger partial charge is 0.259 e. The standard InChI is InChI=1S/C17H15ClN4O/c1-2-15-12(11-20-22(15)16-9-5-6-10-19-16)17(23)21-14-8-4-3-7-13(14)18/h3-11H,2H2,1H3,(H,21,23). The maximum atomic E-state index is 12.5. The van der Waals surface area contributed by atoms with Gasteiger partial charge in [-0.3, -0.25) is 4.79 Å². The molecule has 6 heteroatoms. The topological polar surface area (TPSA) is 59.8 Å². The molecular weight excluding hydrogens is 312 g/mol. The first-order valence-corrected chi connectivity index (χ1v) is 7.62. The third-order valence-corrected chi connectivity index (χ3v) is 3.77. The van der Waals surface area contributed by atoms with Gasteiger partial charge in [-0.25, -0.2) is 9.67 Å². The Morgan fingerprint density at radius 2 is 2.00 bits per heavy atom. The second-order valence-electron chi connectivity index (χ2n) is 4.89. The number of nitrogens with zero attached hydrogens (tertiary/aromatic N) is 3. The second kappa shape index (κ2) is 6.62. The number of para-hydroxylation sites is 1. The lowest BCUT2D eigenvalue weighted by molar-refractivity contribution is 0.102. The van der Waals surface area contributed by atoms with Gasteiger partial charge >= 0.3 is 0 Å². The molecule has 3 aromatic rings. The molecule has 0 aliphatic heterocycles. The van der Waals surface area contributed by atoms with Crippen LogP contribution >= 0.6 is 11.6 Å². The molecule has 0 saturated heterocycles. The van der Waals surface area contributed by atoms with Crippen molar-refractivity contribution in [2.45, 2.75) is 13.3 Å². The number of nitrogens with one attached hydrogen (secondary N) is 1. The van der Waals surface area contributed by atoms with Crippen LogP contribution in [0.2, 0.25) is 5.02 Å². The van der Waals surface area contributed by atoms with E-state index in [-0.39, 0.29) is 5.91 Å². The van der Waals surface area contributed by atoms with Crippen molar-refractivity contribution in [1.29, 1.82) is 0 Å². The first-order chi connectivity index (χ1) is 11.2. The fourth-order valence-corrected chi connectivity index (χ4v) is 2.52. The van der Waals surface area contributed by atoms with Gasteiger partial charge in [0.2, 0.25) is 0 Å². The van der Waals surface area contributed by atoms with E-state index in [1.807, 2.05) is 37.3 Å². The van der Waals surface area contributed by atoms with Gasteiger partial charge in [0.05, 0.1) is 28.2 Å². The summed E-state index contributed by atoms with van der Waals surface area (Å²) in [5.74, 6) is 0.443. The number of aromatic nitrogens is 3. The SMILES string of the molecule is CCc1c(C(=O)Nc2ccccc2Cl)cnn1-c1ccccn1. The molecule has 0 fully saturated rings. The Kier molecular flexibility index (Phi) is 4.39. The summed E-state index contributed by atoms with van der Waals surface area (Å²) in [7, 11) is 0. The van der Waals surface area contributed by atoms with Crippen LogP contribution in [0.5, 0.6) is 0 Å². The Morgan fingerprint density at radius 1 is 1.22 bits per heavy atom. The molecule has 2 aromatic heterocycles. The van der Waals surface area contributed by atoms with Gasteiger partial charge in [0.15, 0.2) is 5.82 Å². The molecule has 5 nitrogen and oxygen atoms in total. The van der Waals surface area contributed by atoms with Crippen LogP contribution in [0, 0.1) is 0 Å². The zero-order valence-electron chi connectivity index (χ0n) is 12.5. The molecule has 0 aliphatic rings. The maximum Gasteiger partial charge on any atom is 0.259 e. The van der Waals surface area contributed by atoms with Crippen LogP contribution in [0.4, 0.5) is 5.69 Å². The normalized spacial score (nSPS) is 10.5. The predicted molar refractivity (Wildman–Crippen MR) is 90.1 cm³/mol. The summed E-state index contributed by atoms with van der Waals surface area (Å²) >= 11 is 6.08. The minimum atomic E-state index is -0.239. The van der Waals surface area contributed by atoms with Gasteiger partial charge in [-0.05, 0) is 30.7 Å². The first-order valence-electron chi connectivity index (χ1n) is 7.25. The lowest BCUT2D eigenvalue weighted by Gasteiger charge is -2.08. The van der Waals surface area contributed by atoms with Gasteiger partial charge in [0, 0.05) is 6.20 Å². The van der Waals surface area contributed by atoms with Gasteiger partial charge in [0.25, 0.3) is 5.91 Å². The highest BCUT2D eigenvalue weighted by Crippen LogP contribution is 2.22. The van der Waals surface area contributed by atoms with Crippen LogP contribution in [0.1, 0.15) is 23.0 Å². The molecule has 0 atom stereocenters. The van der Waals surface area contributed by atoms with Gasteiger partial charge in [0.1, 0.15) is 0 Å². The molecule has 0 saturated carbocycles. The van der Waals surface area contributed by atoms with Crippen molar-refractivity contribution in [1.82, 2.24) is 14.8 Å². The molecule has 1 amide bonds. The minimum absolute atomic E-state index is 0.239. The molecule has 0 aliphatic carbocycles. The summed E-state index contributed by atoms with van der Waals surface area (Å²) in [6.45, 7) is 1.97. The highest BCUT2D eigenvalue weighted by atomic mass is 35.5. The largest absolute Gasteiger partial charge is 0.321 e. The third kappa shape index (κ3) is 3.10. The van der Waals surface area contributed by atoms with E-state index in [2.05, 4.69) is 15.4 Å². The molecule has 1 aromatic carbocycles. The summed E-state index contributed by atoms with van der Waals surface area (Å²) in [5, 5.41) is 7.62. The quantitative estimate of drug-likeness (QED) is 0.794. The second-order valence-corrected chi connectivity index (χ2v) is 5.30. The zero-order chi connectivity index (χ0) is 16.2. The lowest BCUT2D eigenvalue weighted by Crippen LogP contribution is -2.14. The van der Waals surface area contributed by atoms with Crippen molar-refractivity contribution in [3.8, 4) is 5.82 Å². The van der Waals surface area contributed by atoms with Crippen LogP contribution in [0.3, 0.4) is 0 Å². The fourth-order valence-electron chi connectivity index (χ4n) is 2.33. The van der Waals surface area contributed by atoms with E-state index in [4.69, 9.17) is 11.6 Å². The summed E-state index contributed by atoms with van der Waals surface area (Å²) in [5.41, 5.74) is 1.89. The number of carbonyl (C=O) groups is 1. The Labute approximate surface area is 138 Å². The van der Waals surface area contributed by atoms with Gasteiger partial charge in [-0.15, -0.1) is 0 Å². The van der Waals surface area contributed by atoms with E-state index < -0.39 is 0 Å². The van der Waals surface area contributed by atoms with Gasteiger partial charge in [-0.2, -0.15) is 5.10 Å². The van der Waals surface area contributed by atoms with Crippen LogP contribution in [-0.4, -0.2) is 20.7 Å². The molecule has 0 unspecified atom stereocenters. The maximum absolute atomic E-state index is 12.5. The van der Waals surface area contributed by atoms with E-state index in [1.165, 1.54) is 0 Å². The molecular formula is C17H15ClN4O. The van der Waals surface area contributed by atoms with Crippen LogP contribution in [0.15, 0.2) is 54.9 Å². The van der Waals surface area contributed by atoms with E-state index in [1.54, 1.807) is 29.2 Å². The predicted octanol–water partition coefficient (Wildman–Crippen LogP) is 3.74. The first kappa shape index (κ1) is 15.2. The molecule has 23 heavy (non-hydrogen) atoms. The Morgan fingerprint density at radius 3 is 2.70 bits per heavy atom. The number of amides is 1. The highest BCUT2D eigenvalue weighted by molar-refractivity contribution is 6.33. The van der Waals surface area contributed by atoms with Crippen molar-refractivity contribution in [3.05, 3.63) is 71.1 Å². The highest BCUT2D eigenvalue weighted by Gasteiger charge is 2.18. The van der Waals surface area contributed by atoms with Crippen molar-refractivity contribution < 1.29 is 4.79 Å². The number of rotatable bonds is 4. The lowest BCUT2D eigenvalue weighted by atomic mass is 10.2. The van der Waals surface area contributed by atoms with Gasteiger partial charge < -0.3 is 5.32 Å². The summed E-state index contributed by atoms with van der Waals surface area (Å²) in [6.07, 6.45) is 3.90. The van der Waals surface area contributed by atoms with Crippen molar-refractivity contribution in [2.75, 3.05) is 5.32 Å². The van der Waals surface area contributed by atoms with Crippen molar-refractivity contribution in [3.63, 3.8) is 0 Å². The summed E-state index contributed by atoms with van der Waals surface area (Å²) in [4.78, 5) is 16.8. The monoisotopic (exact) mass is 326 g/mol. The van der Waals surface area contributed by atoms with E-state index in [9.17, 15) is 4.79 Å². The van der Waals surface area contributed by atoms with Gasteiger partial charge in [-0.1, -0.05) is 36.7 Å². The number of hydrogen-bond donors (Lipinski definition) is 1. The Balaban J connectivity index is 1.93. The molecule has 0 spiro atoms. The van der Waals surface area contributed by atoms with Crippen LogP contribution < -0.4 is 5.32 Å². The molecule has 0 radical (unpaired) electrons. The molecule has 0 bridgehead atoms. The third-order valence-electron chi connectivity index (χ3n) is 3.44. The summed E-state index contributed by atoms with van der Waals surface area (Å²) < 4.78 is 1.68. The summed E-state index contributed by atoms with van der Waals surface area (Å²) in [6, 6.07) is 12.7. The van der Waals surface area contributed by atoms with Crippen LogP contribution in [-0.2, 0) is 6.42 Å². The fraction of sp³-hybridized carbons (Fsp3) is 0.118. The number of pyridine rings is 1. The molecule has 2 heterocycles. The molecule has 1 N–H and O–H groups in total. The number of halogens is 1. The van der Waals surface area contributed by atoms with E-state index >= 15 is 0 Å². The van der Waals surface area contributed by atoms with Crippen LogP contribution in [0.25, 0.3) is 5.82 Å². The number of carbonyl (C=O) groups excluding carboxylic acids is 1. The Bertz CT molecular complexity index is 830. The number of benzene rings is 1. The molecule has 3 rings (SSSR count).